The molecule has 3 aromatic rings. The normalized spacial score (nSPS) is 15.0. The van der Waals surface area contributed by atoms with Crippen LogP contribution in [-0.2, 0) is 9.59 Å². The highest BCUT2D eigenvalue weighted by Gasteiger charge is 2.28. The third-order valence-corrected chi connectivity index (χ3v) is 6.55. The van der Waals surface area contributed by atoms with Crippen LogP contribution in [0.3, 0.4) is 0 Å². The average Bonchev–Trinajstić information content (AvgIpc) is 3.08. The molecular weight excluding hydrogens is 470 g/mol. The number of fused-ring (bicyclic) bond motifs is 4. The first-order valence-corrected chi connectivity index (χ1v) is 11.6. The van der Waals surface area contributed by atoms with Gasteiger partial charge in [0, 0.05) is 48.4 Å². The highest BCUT2D eigenvalue weighted by Crippen LogP contribution is 2.46. The molecule has 2 aliphatic rings. The summed E-state index contributed by atoms with van der Waals surface area (Å²) in [5.41, 5.74) is 3.24. The number of likely N-dealkylation sites (N-methyl/N-ethyl adjacent to an activating group) is 1. The maximum absolute atomic E-state index is 9.55. The van der Waals surface area contributed by atoms with Gasteiger partial charge in [-0.3, -0.25) is 0 Å². The number of aliphatic carboxylic acids is 2. The van der Waals surface area contributed by atoms with Gasteiger partial charge >= 0.3 is 11.9 Å². The molecule has 0 spiro atoms. The van der Waals surface area contributed by atoms with Crippen molar-refractivity contribution in [2.24, 2.45) is 4.99 Å². The van der Waals surface area contributed by atoms with Gasteiger partial charge < -0.3 is 30.2 Å². The first kappa shape index (κ1) is 25.9. The van der Waals surface area contributed by atoms with Crippen LogP contribution in [0.15, 0.2) is 59.6 Å². The minimum absolute atomic E-state index is 0. The number of benzene rings is 2. The Balaban J connectivity index is 0.000000332. The SMILES string of the molecule is Cc1ccc2c(c1)Oc1sc3ccccc3c1C(N1CCN(C)CC1)=N2.O.O=C(O)/C=C/C(=O)O. The zero-order chi connectivity index (χ0) is 24.2. The molecular formula is C25H27N3O6S. The first-order valence-electron chi connectivity index (χ1n) is 10.8. The van der Waals surface area contributed by atoms with Gasteiger partial charge in [0.05, 0.1) is 5.56 Å². The van der Waals surface area contributed by atoms with E-state index < -0.39 is 11.9 Å². The molecule has 0 radical (unpaired) electrons. The Hall–Kier alpha value is -3.73. The molecule has 1 fully saturated rings. The Bertz CT molecular complexity index is 1280. The number of rotatable bonds is 2. The number of aryl methyl sites for hydroxylation is 1. The van der Waals surface area contributed by atoms with Crippen LogP contribution < -0.4 is 4.74 Å². The van der Waals surface area contributed by atoms with Crippen LogP contribution in [0.4, 0.5) is 5.69 Å². The van der Waals surface area contributed by atoms with Crippen molar-refractivity contribution in [2.75, 3.05) is 33.2 Å². The maximum atomic E-state index is 9.55. The molecule has 0 amide bonds. The molecule has 35 heavy (non-hydrogen) atoms. The van der Waals surface area contributed by atoms with Crippen LogP contribution in [0.25, 0.3) is 10.1 Å². The molecule has 0 unspecified atom stereocenters. The number of nitrogens with zero attached hydrogens (tertiary/aromatic N) is 3. The van der Waals surface area contributed by atoms with Gasteiger partial charge in [0.25, 0.3) is 0 Å². The lowest BCUT2D eigenvalue weighted by Crippen LogP contribution is -2.47. The summed E-state index contributed by atoms with van der Waals surface area (Å²) < 4.78 is 7.62. The van der Waals surface area contributed by atoms with Crippen LogP contribution in [-0.4, -0.2) is 76.5 Å². The third-order valence-electron chi connectivity index (χ3n) is 5.50. The van der Waals surface area contributed by atoms with E-state index in [1.54, 1.807) is 11.3 Å². The molecule has 0 saturated carbocycles. The van der Waals surface area contributed by atoms with Crippen molar-refractivity contribution in [3.63, 3.8) is 0 Å². The van der Waals surface area contributed by atoms with Crippen LogP contribution >= 0.6 is 11.3 Å². The molecule has 0 atom stereocenters. The standard InChI is InChI=1S/C21H21N3OS.C4H4O4.H2O/c1-14-7-8-16-17(13-14)25-21-19(15-5-3-4-6-18(15)26-21)20(22-16)24-11-9-23(2)10-12-24;5-3(6)1-2-4(7)8;/h3-8,13H,9-12H2,1-2H3;1-2H,(H,5,6)(H,7,8);1H2/b;2-1+;. The lowest BCUT2D eigenvalue weighted by molar-refractivity contribution is -0.134. The van der Waals surface area contributed by atoms with E-state index in [1.165, 1.54) is 15.6 Å². The van der Waals surface area contributed by atoms with E-state index in [0.29, 0.717) is 12.2 Å². The molecule has 184 valence electrons. The predicted molar refractivity (Wildman–Crippen MR) is 136 cm³/mol. The largest absolute Gasteiger partial charge is 0.478 e. The van der Waals surface area contributed by atoms with E-state index in [1.807, 2.05) is 0 Å². The van der Waals surface area contributed by atoms with Gasteiger partial charge in [-0.15, -0.1) is 0 Å². The summed E-state index contributed by atoms with van der Waals surface area (Å²) in [4.78, 5) is 29.0. The monoisotopic (exact) mass is 497 g/mol. The van der Waals surface area contributed by atoms with Crippen molar-refractivity contribution in [3.05, 3.63) is 65.7 Å². The summed E-state index contributed by atoms with van der Waals surface area (Å²) >= 11 is 1.71. The smallest absolute Gasteiger partial charge is 0.328 e. The number of amidine groups is 1. The average molecular weight is 498 g/mol. The molecule has 10 heteroatoms. The van der Waals surface area contributed by atoms with Gasteiger partial charge in [-0.2, -0.15) is 0 Å². The number of thiophene rings is 1. The number of carboxylic acid groups (broad SMARTS) is 2. The Morgan fingerprint density at radius 3 is 2.34 bits per heavy atom. The van der Waals surface area contributed by atoms with Crippen molar-refractivity contribution in [1.82, 2.24) is 9.80 Å². The van der Waals surface area contributed by atoms with Crippen molar-refractivity contribution in [3.8, 4) is 10.8 Å². The van der Waals surface area contributed by atoms with Gasteiger partial charge in [0.2, 0.25) is 0 Å². The number of hydrogen-bond acceptors (Lipinski definition) is 7. The molecule has 2 aromatic carbocycles. The highest BCUT2D eigenvalue weighted by molar-refractivity contribution is 7.21. The van der Waals surface area contributed by atoms with Gasteiger partial charge in [-0.05, 0) is 37.7 Å². The topological polar surface area (TPSA) is 134 Å². The summed E-state index contributed by atoms with van der Waals surface area (Å²) in [5.74, 6) is -0.616. The molecule has 1 saturated heterocycles. The van der Waals surface area contributed by atoms with Crippen molar-refractivity contribution < 1.29 is 30.0 Å². The van der Waals surface area contributed by atoms with Crippen LogP contribution in [0, 0.1) is 6.92 Å². The summed E-state index contributed by atoms with van der Waals surface area (Å²) in [6.45, 7) is 6.17. The van der Waals surface area contributed by atoms with E-state index >= 15 is 0 Å². The Morgan fingerprint density at radius 2 is 1.69 bits per heavy atom. The van der Waals surface area contributed by atoms with Gasteiger partial charge in [-0.1, -0.05) is 35.6 Å². The molecule has 4 N–H and O–H groups in total. The van der Waals surface area contributed by atoms with Crippen LogP contribution in [0.2, 0.25) is 0 Å². The number of piperazine rings is 1. The molecule has 1 aromatic heterocycles. The second kappa shape index (κ2) is 11.1. The zero-order valence-electron chi connectivity index (χ0n) is 19.4. The predicted octanol–water partition coefficient (Wildman–Crippen LogP) is 3.53. The summed E-state index contributed by atoms with van der Waals surface area (Å²) in [6.07, 6.45) is 1.12. The second-order valence-electron chi connectivity index (χ2n) is 8.07. The van der Waals surface area contributed by atoms with E-state index in [-0.39, 0.29) is 5.48 Å². The number of ether oxygens (including phenoxy) is 1. The molecule has 0 bridgehead atoms. The van der Waals surface area contributed by atoms with E-state index in [4.69, 9.17) is 19.9 Å². The van der Waals surface area contributed by atoms with Crippen LogP contribution in [0.1, 0.15) is 11.1 Å². The fourth-order valence-corrected chi connectivity index (χ4v) is 4.82. The summed E-state index contributed by atoms with van der Waals surface area (Å²) in [5, 5.41) is 17.8. The van der Waals surface area contributed by atoms with Gasteiger partial charge in [-0.25, -0.2) is 14.6 Å². The first-order chi connectivity index (χ1) is 16.3. The number of carboxylic acids is 2. The van der Waals surface area contributed by atoms with Crippen molar-refractivity contribution in [2.45, 2.75) is 6.92 Å². The fourth-order valence-electron chi connectivity index (χ4n) is 3.76. The molecule has 3 heterocycles. The van der Waals surface area contributed by atoms with Crippen molar-refractivity contribution >= 4 is 44.9 Å². The quantitative estimate of drug-likeness (QED) is 0.517. The third kappa shape index (κ3) is 6.04. The summed E-state index contributed by atoms with van der Waals surface area (Å²) in [7, 11) is 2.18. The molecule has 0 aliphatic carbocycles. The number of carbonyl (C=O) groups is 2. The highest BCUT2D eigenvalue weighted by atomic mass is 32.1. The minimum Gasteiger partial charge on any atom is -0.478 e. The minimum atomic E-state index is -1.26. The van der Waals surface area contributed by atoms with E-state index in [2.05, 4.69) is 66.2 Å². The molecule has 5 rings (SSSR count). The Labute approximate surface area is 206 Å². The van der Waals surface area contributed by atoms with Gasteiger partial charge in [0.15, 0.2) is 10.8 Å². The maximum Gasteiger partial charge on any atom is 0.328 e. The summed E-state index contributed by atoms with van der Waals surface area (Å²) in [6, 6.07) is 14.8. The Morgan fingerprint density at radius 1 is 1.03 bits per heavy atom. The fraction of sp³-hybridized carbons (Fsp3) is 0.240. The van der Waals surface area contributed by atoms with E-state index in [0.717, 1.165) is 54.1 Å². The second-order valence-corrected chi connectivity index (χ2v) is 9.08. The Kier molecular flexibility index (Phi) is 8.23. The van der Waals surface area contributed by atoms with E-state index in [9.17, 15) is 9.59 Å². The molecule has 2 aliphatic heterocycles. The van der Waals surface area contributed by atoms with Crippen molar-refractivity contribution in [1.29, 1.82) is 0 Å². The van der Waals surface area contributed by atoms with Crippen LogP contribution in [0.5, 0.6) is 10.8 Å². The zero-order valence-corrected chi connectivity index (χ0v) is 20.2. The lowest BCUT2D eigenvalue weighted by atomic mass is 10.1. The number of aliphatic imine (C=N–C) groups is 1. The lowest BCUT2D eigenvalue weighted by Gasteiger charge is -2.34. The van der Waals surface area contributed by atoms with Gasteiger partial charge in [0.1, 0.15) is 11.5 Å². The molecule has 9 nitrogen and oxygen atoms in total. The number of hydrogen-bond donors (Lipinski definition) is 2.